The van der Waals surface area contributed by atoms with E-state index in [4.69, 9.17) is 23.2 Å². The van der Waals surface area contributed by atoms with E-state index in [0.29, 0.717) is 11.8 Å². The summed E-state index contributed by atoms with van der Waals surface area (Å²) in [6, 6.07) is 8.23. The summed E-state index contributed by atoms with van der Waals surface area (Å²) in [4.78, 5) is 0. The zero-order valence-electron chi connectivity index (χ0n) is 9.89. The lowest BCUT2D eigenvalue weighted by molar-refractivity contribution is 0.485. The Balaban J connectivity index is 2.94. The second kappa shape index (κ2) is 7.93. The minimum atomic E-state index is -0.112. The van der Waals surface area contributed by atoms with Crippen molar-refractivity contribution in [3.8, 4) is 0 Å². The van der Waals surface area contributed by atoms with Crippen LogP contribution in [-0.4, -0.2) is 23.8 Å². The van der Waals surface area contributed by atoms with E-state index >= 15 is 0 Å². The Labute approximate surface area is 127 Å². The standard InChI is InChI=1S/C13H17BrCl2S/c1-17-8-4-7-13(9-15,10-16)11-5-2-3-6-12(11)14/h2-3,5-6H,4,7-10H2,1H3. The predicted molar refractivity (Wildman–Crippen MR) is 84.9 cm³/mol. The number of rotatable bonds is 7. The Morgan fingerprint density at radius 3 is 2.41 bits per heavy atom. The quantitative estimate of drug-likeness (QED) is 0.472. The molecule has 0 saturated carbocycles. The van der Waals surface area contributed by atoms with Crippen LogP contribution in [0.15, 0.2) is 28.7 Å². The number of hydrogen-bond donors (Lipinski definition) is 0. The normalized spacial score (nSPS) is 11.8. The molecule has 0 aromatic heterocycles. The lowest BCUT2D eigenvalue weighted by Crippen LogP contribution is -2.31. The van der Waals surface area contributed by atoms with Crippen molar-refractivity contribution >= 4 is 50.9 Å². The minimum absolute atomic E-state index is 0.112. The van der Waals surface area contributed by atoms with E-state index in [1.54, 1.807) is 0 Å². The maximum atomic E-state index is 6.20. The Bertz CT molecular complexity index is 340. The van der Waals surface area contributed by atoms with Crippen molar-refractivity contribution in [1.29, 1.82) is 0 Å². The third-order valence-electron chi connectivity index (χ3n) is 2.96. The average molecular weight is 356 g/mol. The van der Waals surface area contributed by atoms with Crippen molar-refractivity contribution in [3.63, 3.8) is 0 Å². The molecule has 1 aromatic rings. The predicted octanol–water partition coefficient (Wildman–Crippen LogP) is 5.31. The van der Waals surface area contributed by atoms with E-state index in [2.05, 4.69) is 34.3 Å². The SMILES string of the molecule is CSCCCC(CCl)(CCl)c1ccccc1Br. The highest BCUT2D eigenvalue weighted by Crippen LogP contribution is 2.37. The number of hydrogen-bond acceptors (Lipinski definition) is 1. The summed E-state index contributed by atoms with van der Waals surface area (Å²) in [6.07, 6.45) is 4.30. The highest BCUT2D eigenvalue weighted by molar-refractivity contribution is 9.10. The van der Waals surface area contributed by atoms with Crippen LogP contribution in [0.2, 0.25) is 0 Å². The molecule has 0 unspecified atom stereocenters. The molecule has 17 heavy (non-hydrogen) atoms. The molecule has 0 aliphatic rings. The summed E-state index contributed by atoms with van der Waals surface area (Å²) in [5.41, 5.74) is 1.12. The van der Waals surface area contributed by atoms with E-state index in [0.717, 1.165) is 23.1 Å². The van der Waals surface area contributed by atoms with Gasteiger partial charge in [-0.25, -0.2) is 0 Å². The molecule has 0 aliphatic carbocycles. The molecule has 0 fully saturated rings. The average Bonchev–Trinajstić information content (AvgIpc) is 2.36. The van der Waals surface area contributed by atoms with E-state index < -0.39 is 0 Å². The first-order valence-electron chi connectivity index (χ1n) is 5.56. The highest BCUT2D eigenvalue weighted by Gasteiger charge is 2.31. The number of thioether (sulfide) groups is 1. The zero-order chi connectivity index (χ0) is 12.7. The Hall–Kier alpha value is 0.630. The van der Waals surface area contributed by atoms with Gasteiger partial charge in [-0.1, -0.05) is 34.1 Å². The van der Waals surface area contributed by atoms with Crippen LogP contribution >= 0.6 is 50.9 Å². The van der Waals surface area contributed by atoms with Crippen LogP contribution in [-0.2, 0) is 5.41 Å². The number of alkyl halides is 2. The fourth-order valence-electron chi connectivity index (χ4n) is 1.89. The molecule has 0 amide bonds. The van der Waals surface area contributed by atoms with Crippen LogP contribution in [0, 0.1) is 0 Å². The van der Waals surface area contributed by atoms with Crippen molar-refractivity contribution in [2.45, 2.75) is 18.3 Å². The van der Waals surface area contributed by atoms with Crippen molar-refractivity contribution < 1.29 is 0 Å². The molecule has 0 spiro atoms. The van der Waals surface area contributed by atoms with E-state index in [1.165, 1.54) is 5.56 Å². The topological polar surface area (TPSA) is 0 Å². The molecule has 4 heteroatoms. The summed E-state index contributed by atoms with van der Waals surface area (Å²) in [6.45, 7) is 0. The second-order valence-electron chi connectivity index (χ2n) is 4.12. The van der Waals surface area contributed by atoms with Gasteiger partial charge in [0.25, 0.3) is 0 Å². The van der Waals surface area contributed by atoms with E-state index in [-0.39, 0.29) is 5.41 Å². The van der Waals surface area contributed by atoms with Crippen molar-refractivity contribution in [3.05, 3.63) is 34.3 Å². The summed E-state index contributed by atoms with van der Waals surface area (Å²) in [5, 5.41) is 0. The fraction of sp³-hybridized carbons (Fsp3) is 0.538. The molecule has 1 rings (SSSR count). The van der Waals surface area contributed by atoms with Crippen LogP contribution in [0.4, 0.5) is 0 Å². The van der Waals surface area contributed by atoms with Crippen molar-refractivity contribution in [2.75, 3.05) is 23.8 Å². The molecule has 0 nitrogen and oxygen atoms in total. The molecular formula is C13H17BrCl2S. The van der Waals surface area contributed by atoms with Gasteiger partial charge in [0, 0.05) is 21.6 Å². The molecule has 0 bridgehead atoms. The van der Waals surface area contributed by atoms with Gasteiger partial charge in [0.1, 0.15) is 0 Å². The Morgan fingerprint density at radius 2 is 1.88 bits per heavy atom. The Kier molecular flexibility index (Phi) is 7.32. The minimum Gasteiger partial charge on any atom is -0.165 e. The summed E-state index contributed by atoms with van der Waals surface area (Å²) in [5.74, 6) is 2.28. The van der Waals surface area contributed by atoms with Gasteiger partial charge in [0.15, 0.2) is 0 Å². The molecule has 1 aromatic carbocycles. The van der Waals surface area contributed by atoms with Gasteiger partial charge < -0.3 is 0 Å². The van der Waals surface area contributed by atoms with Crippen LogP contribution in [0.5, 0.6) is 0 Å². The number of benzene rings is 1. The molecule has 0 radical (unpaired) electrons. The van der Waals surface area contributed by atoms with Crippen molar-refractivity contribution in [2.24, 2.45) is 0 Å². The van der Waals surface area contributed by atoms with Crippen LogP contribution in [0.3, 0.4) is 0 Å². The Morgan fingerprint density at radius 1 is 1.24 bits per heavy atom. The molecular weight excluding hydrogens is 339 g/mol. The van der Waals surface area contributed by atoms with Gasteiger partial charge in [0.05, 0.1) is 0 Å². The first kappa shape index (κ1) is 15.7. The molecule has 0 saturated heterocycles. The van der Waals surface area contributed by atoms with Gasteiger partial charge in [-0.05, 0) is 36.5 Å². The number of halogens is 3. The van der Waals surface area contributed by atoms with Crippen LogP contribution < -0.4 is 0 Å². The maximum Gasteiger partial charge on any atom is 0.0332 e. The molecule has 0 heterocycles. The lowest BCUT2D eigenvalue weighted by atomic mass is 9.80. The second-order valence-corrected chi connectivity index (χ2v) is 6.50. The first-order chi connectivity index (χ1) is 8.20. The van der Waals surface area contributed by atoms with Gasteiger partial charge in [-0.2, -0.15) is 11.8 Å². The van der Waals surface area contributed by atoms with E-state index in [9.17, 15) is 0 Å². The molecule has 0 N–H and O–H groups in total. The maximum absolute atomic E-state index is 6.20. The van der Waals surface area contributed by atoms with Gasteiger partial charge in [-0.3, -0.25) is 0 Å². The van der Waals surface area contributed by atoms with Crippen LogP contribution in [0.1, 0.15) is 18.4 Å². The largest absolute Gasteiger partial charge is 0.165 e. The van der Waals surface area contributed by atoms with E-state index in [1.807, 2.05) is 23.9 Å². The summed E-state index contributed by atoms with van der Waals surface area (Å²) < 4.78 is 1.10. The van der Waals surface area contributed by atoms with Gasteiger partial charge in [-0.15, -0.1) is 23.2 Å². The fourth-order valence-corrected chi connectivity index (χ4v) is 3.87. The van der Waals surface area contributed by atoms with Gasteiger partial charge in [0.2, 0.25) is 0 Å². The third-order valence-corrected chi connectivity index (χ3v) is 5.37. The summed E-state index contributed by atoms with van der Waals surface area (Å²) in [7, 11) is 0. The zero-order valence-corrected chi connectivity index (χ0v) is 13.8. The first-order valence-corrected chi connectivity index (χ1v) is 8.81. The molecule has 0 atom stereocenters. The monoisotopic (exact) mass is 354 g/mol. The smallest absolute Gasteiger partial charge is 0.0332 e. The third kappa shape index (κ3) is 4.05. The van der Waals surface area contributed by atoms with Crippen molar-refractivity contribution in [1.82, 2.24) is 0 Å². The van der Waals surface area contributed by atoms with Gasteiger partial charge >= 0.3 is 0 Å². The van der Waals surface area contributed by atoms with Crippen LogP contribution in [0.25, 0.3) is 0 Å². The summed E-state index contributed by atoms with van der Waals surface area (Å²) >= 11 is 17.9. The lowest BCUT2D eigenvalue weighted by Gasteiger charge is -2.31. The highest BCUT2D eigenvalue weighted by atomic mass is 79.9. The molecule has 0 aliphatic heterocycles. The molecule has 96 valence electrons.